The fraction of sp³-hybridized carbons (Fsp3) is 0.375. The highest BCUT2D eigenvalue weighted by molar-refractivity contribution is 5.94. The lowest BCUT2D eigenvalue weighted by Crippen LogP contribution is -2.30. The summed E-state index contributed by atoms with van der Waals surface area (Å²) in [6, 6.07) is 17.1. The Hall–Kier alpha value is -3.15. The molecule has 1 aliphatic rings. The maximum atomic E-state index is 12.4. The molecule has 2 atom stereocenters. The third-order valence-corrected chi connectivity index (χ3v) is 5.44. The number of hydrogen-bond donors (Lipinski definition) is 1. The first-order chi connectivity index (χ1) is 14.4. The van der Waals surface area contributed by atoms with E-state index in [2.05, 4.69) is 5.32 Å². The van der Waals surface area contributed by atoms with Gasteiger partial charge in [0.15, 0.2) is 6.61 Å². The van der Waals surface area contributed by atoms with E-state index in [0.717, 1.165) is 11.1 Å². The van der Waals surface area contributed by atoms with E-state index < -0.39 is 17.8 Å². The van der Waals surface area contributed by atoms with Crippen molar-refractivity contribution in [1.82, 2.24) is 4.90 Å². The standard InChI is InChI=1S/C24H28N2O4/c1-16(2)20-11-7-8-12-21(20)25-22(27)15-30-24(29)19-13-23(28)26(14-19)17(3)18-9-5-4-6-10-18/h4-12,16-17,19H,13-15H2,1-3H3,(H,25,27)/t17-,19+/m0/s1. The maximum absolute atomic E-state index is 12.4. The van der Waals surface area contributed by atoms with Crippen molar-refractivity contribution in [1.29, 1.82) is 0 Å². The quantitative estimate of drug-likeness (QED) is 0.705. The molecule has 6 heteroatoms. The summed E-state index contributed by atoms with van der Waals surface area (Å²) in [5.74, 6) is -1.29. The van der Waals surface area contributed by atoms with Gasteiger partial charge in [-0.25, -0.2) is 0 Å². The number of likely N-dealkylation sites (tertiary alicyclic amines) is 1. The van der Waals surface area contributed by atoms with Gasteiger partial charge in [-0.15, -0.1) is 0 Å². The minimum atomic E-state index is -0.556. The molecular weight excluding hydrogens is 380 g/mol. The molecule has 0 radical (unpaired) electrons. The van der Waals surface area contributed by atoms with Crippen LogP contribution in [0.2, 0.25) is 0 Å². The monoisotopic (exact) mass is 408 g/mol. The topological polar surface area (TPSA) is 75.7 Å². The van der Waals surface area contributed by atoms with Crippen LogP contribution in [0.25, 0.3) is 0 Å². The number of anilines is 1. The number of esters is 1. The number of benzene rings is 2. The average molecular weight is 408 g/mol. The molecule has 2 amide bonds. The van der Waals surface area contributed by atoms with Gasteiger partial charge in [0.25, 0.3) is 5.91 Å². The van der Waals surface area contributed by atoms with Gasteiger partial charge in [0, 0.05) is 18.7 Å². The number of ether oxygens (including phenoxy) is 1. The van der Waals surface area contributed by atoms with E-state index in [1.54, 1.807) is 4.90 Å². The fourth-order valence-electron chi connectivity index (χ4n) is 3.73. The van der Waals surface area contributed by atoms with Gasteiger partial charge in [-0.3, -0.25) is 14.4 Å². The van der Waals surface area contributed by atoms with Gasteiger partial charge in [-0.1, -0.05) is 62.4 Å². The van der Waals surface area contributed by atoms with Crippen molar-refractivity contribution in [2.75, 3.05) is 18.5 Å². The Labute approximate surface area is 177 Å². The number of amides is 2. The van der Waals surface area contributed by atoms with Crippen LogP contribution < -0.4 is 5.32 Å². The van der Waals surface area contributed by atoms with E-state index in [4.69, 9.17) is 4.74 Å². The van der Waals surface area contributed by atoms with Gasteiger partial charge < -0.3 is 15.0 Å². The zero-order valence-electron chi connectivity index (χ0n) is 17.6. The molecule has 6 nitrogen and oxygen atoms in total. The highest BCUT2D eigenvalue weighted by Gasteiger charge is 2.38. The summed E-state index contributed by atoms with van der Waals surface area (Å²) in [6.45, 7) is 5.96. The molecule has 1 N–H and O–H groups in total. The molecular formula is C24H28N2O4. The van der Waals surface area contributed by atoms with Crippen LogP contribution in [0.5, 0.6) is 0 Å². The number of carbonyl (C=O) groups is 3. The van der Waals surface area contributed by atoms with Crippen molar-refractivity contribution in [2.45, 2.75) is 39.2 Å². The maximum Gasteiger partial charge on any atom is 0.311 e. The molecule has 1 fully saturated rings. The zero-order chi connectivity index (χ0) is 21.7. The van der Waals surface area contributed by atoms with Crippen molar-refractivity contribution in [3.05, 3.63) is 65.7 Å². The lowest BCUT2D eigenvalue weighted by Gasteiger charge is -2.25. The van der Waals surface area contributed by atoms with Crippen molar-refractivity contribution >= 4 is 23.5 Å². The predicted molar refractivity (Wildman–Crippen MR) is 115 cm³/mol. The van der Waals surface area contributed by atoms with E-state index in [9.17, 15) is 14.4 Å². The van der Waals surface area contributed by atoms with E-state index in [0.29, 0.717) is 12.2 Å². The molecule has 1 aliphatic heterocycles. The third-order valence-electron chi connectivity index (χ3n) is 5.44. The Kier molecular flexibility index (Phi) is 6.87. The van der Waals surface area contributed by atoms with E-state index in [-0.39, 0.29) is 30.9 Å². The number of para-hydroxylation sites is 1. The summed E-state index contributed by atoms with van der Waals surface area (Å²) >= 11 is 0. The number of hydrogen-bond acceptors (Lipinski definition) is 4. The number of carbonyl (C=O) groups excluding carboxylic acids is 3. The highest BCUT2D eigenvalue weighted by Crippen LogP contribution is 2.29. The van der Waals surface area contributed by atoms with Gasteiger partial charge in [0.2, 0.25) is 5.91 Å². The van der Waals surface area contributed by atoms with Gasteiger partial charge in [0.05, 0.1) is 12.0 Å². The van der Waals surface area contributed by atoms with Crippen LogP contribution in [0.3, 0.4) is 0 Å². The van der Waals surface area contributed by atoms with Gasteiger partial charge in [0.1, 0.15) is 0 Å². The average Bonchev–Trinajstić information content (AvgIpc) is 3.14. The molecule has 30 heavy (non-hydrogen) atoms. The summed E-state index contributed by atoms with van der Waals surface area (Å²) in [6.07, 6.45) is 0.105. The summed E-state index contributed by atoms with van der Waals surface area (Å²) in [7, 11) is 0. The molecule has 0 unspecified atom stereocenters. The van der Waals surface area contributed by atoms with Crippen LogP contribution in [0.15, 0.2) is 54.6 Å². The molecule has 2 aromatic rings. The second-order valence-electron chi connectivity index (χ2n) is 7.93. The highest BCUT2D eigenvalue weighted by atomic mass is 16.5. The van der Waals surface area contributed by atoms with E-state index in [1.807, 2.05) is 75.4 Å². The van der Waals surface area contributed by atoms with E-state index >= 15 is 0 Å². The first-order valence-electron chi connectivity index (χ1n) is 10.3. The largest absolute Gasteiger partial charge is 0.455 e. The molecule has 1 heterocycles. The second kappa shape index (κ2) is 9.57. The Morgan fingerprint density at radius 3 is 2.43 bits per heavy atom. The number of nitrogens with zero attached hydrogens (tertiary/aromatic N) is 1. The summed E-state index contributed by atoms with van der Waals surface area (Å²) < 4.78 is 5.21. The summed E-state index contributed by atoms with van der Waals surface area (Å²) in [4.78, 5) is 38.8. The van der Waals surface area contributed by atoms with Crippen LogP contribution in [-0.2, 0) is 19.1 Å². The van der Waals surface area contributed by atoms with Gasteiger partial charge in [-0.2, -0.15) is 0 Å². The molecule has 0 aromatic heterocycles. The van der Waals surface area contributed by atoms with Crippen LogP contribution >= 0.6 is 0 Å². The minimum Gasteiger partial charge on any atom is -0.455 e. The summed E-state index contributed by atoms with van der Waals surface area (Å²) in [5.41, 5.74) is 2.75. The Bertz CT molecular complexity index is 910. The Morgan fingerprint density at radius 2 is 1.73 bits per heavy atom. The van der Waals surface area contributed by atoms with Crippen molar-refractivity contribution in [2.24, 2.45) is 5.92 Å². The second-order valence-corrected chi connectivity index (χ2v) is 7.93. The van der Waals surface area contributed by atoms with Gasteiger partial charge >= 0.3 is 5.97 Å². The molecule has 0 aliphatic carbocycles. The van der Waals surface area contributed by atoms with Crippen LogP contribution in [0.1, 0.15) is 50.3 Å². The lowest BCUT2D eigenvalue weighted by atomic mass is 10.0. The van der Waals surface area contributed by atoms with Crippen molar-refractivity contribution in [3.8, 4) is 0 Å². The molecule has 0 saturated carbocycles. The summed E-state index contributed by atoms with van der Waals surface area (Å²) in [5, 5.41) is 2.80. The van der Waals surface area contributed by atoms with Gasteiger partial charge in [-0.05, 0) is 30.0 Å². The van der Waals surface area contributed by atoms with Crippen molar-refractivity contribution in [3.63, 3.8) is 0 Å². The van der Waals surface area contributed by atoms with E-state index in [1.165, 1.54) is 0 Å². The molecule has 3 rings (SSSR count). The first-order valence-corrected chi connectivity index (χ1v) is 10.3. The SMILES string of the molecule is CC(C)c1ccccc1NC(=O)COC(=O)[C@@H]1CC(=O)N([C@@H](C)c2ccccc2)C1. The molecule has 158 valence electrons. The molecule has 1 saturated heterocycles. The minimum absolute atomic E-state index is 0.0800. The molecule has 2 aromatic carbocycles. The smallest absolute Gasteiger partial charge is 0.311 e. The van der Waals surface area contributed by atoms with Crippen LogP contribution in [0.4, 0.5) is 5.69 Å². The zero-order valence-corrected chi connectivity index (χ0v) is 17.6. The fourth-order valence-corrected chi connectivity index (χ4v) is 3.73. The Morgan fingerprint density at radius 1 is 1.07 bits per heavy atom. The number of rotatable bonds is 7. The van der Waals surface area contributed by atoms with Crippen LogP contribution in [-0.4, -0.2) is 35.8 Å². The van der Waals surface area contributed by atoms with Crippen LogP contribution in [0, 0.1) is 5.92 Å². The lowest BCUT2D eigenvalue weighted by molar-refractivity contribution is -0.151. The third kappa shape index (κ3) is 5.06. The molecule has 0 bridgehead atoms. The number of nitrogens with one attached hydrogen (secondary N) is 1. The normalized spacial score (nSPS) is 17.1. The Balaban J connectivity index is 1.53. The molecule has 0 spiro atoms. The van der Waals surface area contributed by atoms with Crippen molar-refractivity contribution < 1.29 is 19.1 Å². The first kappa shape index (κ1) is 21.6. The predicted octanol–water partition coefficient (Wildman–Crippen LogP) is 3.90.